The Kier molecular flexibility index (Phi) is 6.27. The van der Waals surface area contributed by atoms with Crippen LogP contribution in [0.2, 0.25) is 0 Å². The lowest BCUT2D eigenvalue weighted by Crippen LogP contribution is -2.25. The first-order valence-corrected chi connectivity index (χ1v) is 15.0. The molecular weight excluding hydrogens is 508 g/mol. The van der Waals surface area contributed by atoms with E-state index in [2.05, 4.69) is 102 Å². The molecule has 0 fully saturated rings. The quantitative estimate of drug-likeness (QED) is 0.195. The Balaban J connectivity index is 1.44. The number of hydrogen-bond acceptors (Lipinski definition) is 3. The summed E-state index contributed by atoms with van der Waals surface area (Å²) in [5.74, 6) is 1.95. The molecule has 0 saturated carbocycles. The van der Waals surface area contributed by atoms with E-state index in [-0.39, 0.29) is 5.41 Å². The molecule has 0 spiro atoms. The second kappa shape index (κ2) is 9.97. The maximum absolute atomic E-state index is 4.90. The fraction of sp³-hybridized carbons (Fsp3) is 0.257. The molecule has 200 valence electrons. The average molecular weight is 543 g/mol. The fourth-order valence-corrected chi connectivity index (χ4v) is 7.05. The van der Waals surface area contributed by atoms with E-state index in [0.717, 1.165) is 46.1 Å². The molecule has 4 nitrogen and oxygen atoms in total. The number of unbranched alkanes of at least 4 members (excludes halogenated alkanes) is 2. The molecule has 0 saturated heterocycles. The van der Waals surface area contributed by atoms with E-state index in [1.165, 1.54) is 53.5 Å². The van der Waals surface area contributed by atoms with Gasteiger partial charge in [0.05, 0.1) is 17.2 Å². The van der Waals surface area contributed by atoms with Crippen molar-refractivity contribution in [1.82, 2.24) is 18.8 Å². The smallest absolute Gasteiger partial charge is 0.145 e. The van der Waals surface area contributed by atoms with Gasteiger partial charge in [-0.25, -0.2) is 9.97 Å². The van der Waals surface area contributed by atoms with Gasteiger partial charge in [0.15, 0.2) is 0 Å². The molecule has 5 heteroatoms. The second-order valence-electron chi connectivity index (χ2n) is 11.1. The van der Waals surface area contributed by atoms with E-state index in [1.54, 1.807) is 0 Å². The lowest BCUT2D eigenvalue weighted by atomic mass is 9.70. The van der Waals surface area contributed by atoms with Gasteiger partial charge in [-0.3, -0.25) is 8.80 Å². The molecule has 7 rings (SSSR count). The van der Waals surface area contributed by atoms with Crippen molar-refractivity contribution in [3.05, 3.63) is 103 Å². The van der Waals surface area contributed by atoms with Crippen LogP contribution in [0.1, 0.15) is 63.5 Å². The summed E-state index contributed by atoms with van der Waals surface area (Å²) >= 11 is 4.70. The highest BCUT2D eigenvalue weighted by molar-refractivity contribution is 7.80. The summed E-state index contributed by atoms with van der Waals surface area (Å²) in [4.78, 5) is 9.74. The molecule has 0 unspecified atom stereocenters. The van der Waals surface area contributed by atoms with Crippen LogP contribution in [0.25, 0.3) is 44.9 Å². The normalized spacial score (nSPS) is 13.7. The molecule has 40 heavy (non-hydrogen) atoms. The zero-order chi connectivity index (χ0) is 27.3. The van der Waals surface area contributed by atoms with Crippen LogP contribution < -0.4 is 0 Å². The first-order valence-electron chi connectivity index (χ1n) is 14.5. The summed E-state index contributed by atoms with van der Waals surface area (Å²) in [5.41, 5.74) is 10.1. The van der Waals surface area contributed by atoms with Crippen molar-refractivity contribution in [2.45, 2.75) is 62.8 Å². The van der Waals surface area contributed by atoms with Crippen molar-refractivity contribution in [2.24, 2.45) is 0 Å². The first kappa shape index (κ1) is 25.2. The lowest BCUT2D eigenvalue weighted by Gasteiger charge is -2.33. The summed E-state index contributed by atoms with van der Waals surface area (Å²) in [6, 6.07) is 26.5. The van der Waals surface area contributed by atoms with Gasteiger partial charge in [0.1, 0.15) is 16.7 Å². The first-order chi connectivity index (χ1) is 19.6. The van der Waals surface area contributed by atoms with Crippen molar-refractivity contribution in [1.29, 1.82) is 0 Å². The molecule has 6 aromatic rings. The van der Waals surface area contributed by atoms with Crippen LogP contribution >= 0.6 is 12.6 Å². The summed E-state index contributed by atoms with van der Waals surface area (Å²) in [7, 11) is 0. The van der Waals surface area contributed by atoms with E-state index in [1.807, 2.05) is 12.3 Å². The van der Waals surface area contributed by atoms with Gasteiger partial charge in [-0.05, 0) is 71.5 Å². The average Bonchev–Trinajstić information content (AvgIpc) is 3.66. The molecule has 0 radical (unpaired) electrons. The van der Waals surface area contributed by atoms with Gasteiger partial charge in [0.25, 0.3) is 0 Å². The molecule has 0 amide bonds. The van der Waals surface area contributed by atoms with E-state index >= 15 is 0 Å². The van der Waals surface area contributed by atoms with Crippen molar-refractivity contribution in [3.8, 4) is 33.9 Å². The van der Waals surface area contributed by atoms with Gasteiger partial charge in [-0.1, -0.05) is 75.9 Å². The maximum atomic E-state index is 4.90. The number of pyridine rings is 2. The zero-order valence-corrected chi connectivity index (χ0v) is 24.0. The second-order valence-corrected chi connectivity index (χ2v) is 11.5. The monoisotopic (exact) mass is 542 g/mol. The number of rotatable bonds is 8. The van der Waals surface area contributed by atoms with Crippen LogP contribution in [0.4, 0.5) is 0 Å². The van der Waals surface area contributed by atoms with Gasteiger partial charge in [-0.2, -0.15) is 0 Å². The summed E-state index contributed by atoms with van der Waals surface area (Å²) < 4.78 is 4.35. The highest BCUT2D eigenvalue weighted by Gasteiger charge is 2.42. The lowest BCUT2D eigenvalue weighted by molar-refractivity contribution is 0.414. The Hall–Kier alpha value is -3.83. The van der Waals surface area contributed by atoms with E-state index in [0.29, 0.717) is 0 Å². The Morgan fingerprint density at radius 3 is 2.02 bits per heavy atom. The Morgan fingerprint density at radius 1 is 0.725 bits per heavy atom. The standard InChI is InChI=1S/C35H34N4S/c1-3-5-17-35(18-6-4-2)29-21-24(32-36-23-26-11-7-9-19-38(26)32)13-15-27(29)28-16-14-25(22-30(28)35)33-37-34(40)31-12-8-10-20-39(31)33/h7-16,19-23,40H,3-6,17-18H2,1-2H3. The third kappa shape index (κ3) is 3.82. The van der Waals surface area contributed by atoms with E-state index < -0.39 is 0 Å². The molecule has 0 N–H and O–H groups in total. The number of aromatic nitrogens is 4. The minimum Gasteiger partial charge on any atom is -0.300 e. The van der Waals surface area contributed by atoms with Crippen LogP contribution in [-0.2, 0) is 5.41 Å². The Labute approximate surface area is 241 Å². The number of benzene rings is 2. The number of fused-ring (bicyclic) bond motifs is 5. The number of thiol groups is 1. The SMILES string of the molecule is CCCCC1(CCCC)c2cc(-c3ncc4ccccn34)ccc2-c2ccc(-c3nc(S)c4ccccn34)cc21. The van der Waals surface area contributed by atoms with Crippen molar-refractivity contribution >= 4 is 23.7 Å². The molecule has 1 aliphatic carbocycles. The highest BCUT2D eigenvalue weighted by atomic mass is 32.1. The Bertz CT molecular complexity index is 1850. The van der Waals surface area contributed by atoms with Gasteiger partial charge < -0.3 is 0 Å². The van der Waals surface area contributed by atoms with Crippen LogP contribution in [0.3, 0.4) is 0 Å². The van der Waals surface area contributed by atoms with Crippen molar-refractivity contribution in [2.75, 3.05) is 0 Å². The molecule has 0 bridgehead atoms. The minimum absolute atomic E-state index is 0.0351. The third-order valence-corrected chi connectivity index (χ3v) is 9.09. The summed E-state index contributed by atoms with van der Waals surface area (Å²) in [5, 5.41) is 0.763. The fourth-order valence-electron chi connectivity index (χ4n) is 6.78. The van der Waals surface area contributed by atoms with Crippen molar-refractivity contribution in [3.63, 3.8) is 0 Å². The van der Waals surface area contributed by atoms with Crippen LogP contribution in [0.5, 0.6) is 0 Å². The summed E-state index contributed by atoms with van der Waals surface area (Å²) in [6.07, 6.45) is 13.2. The zero-order valence-electron chi connectivity index (χ0n) is 23.1. The molecule has 2 aromatic carbocycles. The Morgan fingerprint density at radius 2 is 1.35 bits per heavy atom. The van der Waals surface area contributed by atoms with Crippen LogP contribution in [0, 0.1) is 0 Å². The number of imidazole rings is 2. The predicted octanol–water partition coefficient (Wildman–Crippen LogP) is 9.25. The minimum atomic E-state index is -0.0351. The molecule has 1 aliphatic rings. The molecule has 0 aliphatic heterocycles. The molecule has 0 atom stereocenters. The molecule has 4 aromatic heterocycles. The molecule has 4 heterocycles. The predicted molar refractivity (Wildman–Crippen MR) is 167 cm³/mol. The summed E-state index contributed by atoms with van der Waals surface area (Å²) in [6.45, 7) is 4.61. The molecular formula is C35H34N4S. The van der Waals surface area contributed by atoms with Crippen molar-refractivity contribution < 1.29 is 0 Å². The van der Waals surface area contributed by atoms with Gasteiger partial charge in [0.2, 0.25) is 0 Å². The van der Waals surface area contributed by atoms with Crippen LogP contribution in [-0.4, -0.2) is 18.8 Å². The van der Waals surface area contributed by atoms with Crippen LogP contribution in [0.15, 0.2) is 96.4 Å². The largest absolute Gasteiger partial charge is 0.300 e. The van der Waals surface area contributed by atoms with E-state index in [4.69, 9.17) is 22.6 Å². The van der Waals surface area contributed by atoms with Gasteiger partial charge in [-0.15, -0.1) is 12.6 Å². The van der Waals surface area contributed by atoms with Gasteiger partial charge in [0, 0.05) is 28.9 Å². The topological polar surface area (TPSA) is 34.6 Å². The van der Waals surface area contributed by atoms with Gasteiger partial charge >= 0.3 is 0 Å². The maximum Gasteiger partial charge on any atom is 0.145 e. The third-order valence-electron chi connectivity index (χ3n) is 8.76. The number of nitrogens with zero attached hydrogens (tertiary/aromatic N) is 4. The highest BCUT2D eigenvalue weighted by Crippen LogP contribution is 2.55. The van der Waals surface area contributed by atoms with E-state index in [9.17, 15) is 0 Å². The number of hydrogen-bond donors (Lipinski definition) is 1.